The SMILES string of the molecule is Fc1ccc(Cn2cc(CNCCc3ccc(Cl)cc3)c3ccccc32)cc1. The lowest BCUT2D eigenvalue weighted by atomic mass is 10.1. The van der Waals surface area contributed by atoms with Crippen molar-refractivity contribution in [1.29, 1.82) is 0 Å². The van der Waals surface area contributed by atoms with Crippen LogP contribution < -0.4 is 5.32 Å². The van der Waals surface area contributed by atoms with Crippen molar-refractivity contribution in [2.75, 3.05) is 6.54 Å². The smallest absolute Gasteiger partial charge is 0.123 e. The number of benzene rings is 3. The first-order valence-electron chi connectivity index (χ1n) is 9.45. The Morgan fingerprint density at radius 1 is 0.857 bits per heavy atom. The average Bonchev–Trinajstić information content (AvgIpc) is 3.06. The molecule has 0 aliphatic carbocycles. The second-order valence-corrected chi connectivity index (χ2v) is 7.42. The van der Waals surface area contributed by atoms with Gasteiger partial charge in [0.1, 0.15) is 5.82 Å². The summed E-state index contributed by atoms with van der Waals surface area (Å²) in [5, 5.41) is 5.57. The van der Waals surface area contributed by atoms with Gasteiger partial charge in [0.05, 0.1) is 0 Å². The van der Waals surface area contributed by atoms with E-state index in [2.05, 4.69) is 52.5 Å². The van der Waals surface area contributed by atoms with Crippen molar-refractivity contribution < 1.29 is 4.39 Å². The lowest BCUT2D eigenvalue weighted by Crippen LogP contribution is -2.16. The standard InChI is InChI=1S/C24H22ClFN2/c25-21-9-5-18(6-10-21)13-14-27-15-20-17-28(24-4-2-1-3-23(20)24)16-19-7-11-22(26)12-8-19/h1-12,17,27H,13-16H2. The molecule has 4 aromatic rings. The van der Waals surface area contributed by atoms with Crippen molar-refractivity contribution in [3.63, 3.8) is 0 Å². The van der Waals surface area contributed by atoms with E-state index in [-0.39, 0.29) is 5.82 Å². The van der Waals surface area contributed by atoms with E-state index in [1.54, 1.807) is 0 Å². The molecule has 0 aliphatic heterocycles. The summed E-state index contributed by atoms with van der Waals surface area (Å²) in [5.74, 6) is -0.202. The lowest BCUT2D eigenvalue weighted by molar-refractivity contribution is 0.626. The molecule has 1 heterocycles. The zero-order valence-electron chi connectivity index (χ0n) is 15.5. The van der Waals surface area contributed by atoms with Crippen LogP contribution in [-0.4, -0.2) is 11.1 Å². The third kappa shape index (κ3) is 4.44. The molecule has 0 unspecified atom stereocenters. The van der Waals surface area contributed by atoms with Crippen molar-refractivity contribution in [2.45, 2.75) is 19.5 Å². The average molecular weight is 393 g/mol. The minimum atomic E-state index is -0.202. The first-order chi connectivity index (χ1) is 13.7. The van der Waals surface area contributed by atoms with Crippen LogP contribution in [0.3, 0.4) is 0 Å². The molecule has 0 amide bonds. The summed E-state index contributed by atoms with van der Waals surface area (Å²) < 4.78 is 15.4. The fourth-order valence-electron chi connectivity index (χ4n) is 3.49. The maximum Gasteiger partial charge on any atom is 0.123 e. The van der Waals surface area contributed by atoms with Crippen LogP contribution in [0.25, 0.3) is 10.9 Å². The summed E-state index contributed by atoms with van der Waals surface area (Å²) in [6.45, 7) is 2.44. The van der Waals surface area contributed by atoms with Gasteiger partial charge in [-0.3, -0.25) is 0 Å². The zero-order valence-corrected chi connectivity index (χ0v) is 16.3. The highest BCUT2D eigenvalue weighted by molar-refractivity contribution is 6.30. The molecular weight excluding hydrogens is 371 g/mol. The Hall–Kier alpha value is -2.62. The van der Waals surface area contributed by atoms with Gasteiger partial charge in [-0.05, 0) is 60.0 Å². The van der Waals surface area contributed by atoms with Gasteiger partial charge in [0.25, 0.3) is 0 Å². The number of halogens is 2. The largest absolute Gasteiger partial charge is 0.343 e. The Morgan fingerprint density at radius 2 is 1.57 bits per heavy atom. The van der Waals surface area contributed by atoms with Crippen molar-refractivity contribution in [3.05, 3.63) is 107 Å². The van der Waals surface area contributed by atoms with Crippen molar-refractivity contribution in [2.24, 2.45) is 0 Å². The Balaban J connectivity index is 1.45. The molecular formula is C24H22ClFN2. The van der Waals surface area contributed by atoms with Gasteiger partial charge in [0.15, 0.2) is 0 Å². The number of aromatic nitrogens is 1. The molecule has 0 saturated heterocycles. The zero-order chi connectivity index (χ0) is 19.3. The lowest BCUT2D eigenvalue weighted by Gasteiger charge is -2.05. The number of nitrogens with one attached hydrogen (secondary N) is 1. The van der Waals surface area contributed by atoms with E-state index < -0.39 is 0 Å². The Labute approximate surface area is 169 Å². The first-order valence-corrected chi connectivity index (χ1v) is 9.83. The number of hydrogen-bond acceptors (Lipinski definition) is 1. The quantitative estimate of drug-likeness (QED) is 0.392. The molecule has 0 bridgehead atoms. The molecule has 4 heteroatoms. The van der Waals surface area contributed by atoms with Crippen LogP contribution in [0.2, 0.25) is 5.02 Å². The van der Waals surface area contributed by atoms with Crippen LogP contribution in [0.15, 0.2) is 79.0 Å². The second kappa shape index (κ2) is 8.59. The van der Waals surface area contributed by atoms with E-state index >= 15 is 0 Å². The molecule has 0 radical (unpaired) electrons. The molecule has 28 heavy (non-hydrogen) atoms. The van der Waals surface area contributed by atoms with Gasteiger partial charge in [-0.15, -0.1) is 0 Å². The third-order valence-electron chi connectivity index (χ3n) is 4.96. The van der Waals surface area contributed by atoms with E-state index in [4.69, 9.17) is 11.6 Å². The molecule has 4 rings (SSSR count). The number of nitrogens with zero attached hydrogens (tertiary/aromatic N) is 1. The van der Waals surface area contributed by atoms with E-state index in [1.165, 1.54) is 34.2 Å². The van der Waals surface area contributed by atoms with Crippen LogP contribution in [0, 0.1) is 5.82 Å². The molecule has 0 fully saturated rings. The minimum Gasteiger partial charge on any atom is -0.343 e. The highest BCUT2D eigenvalue weighted by Gasteiger charge is 2.08. The topological polar surface area (TPSA) is 17.0 Å². The van der Waals surface area contributed by atoms with Crippen molar-refractivity contribution in [1.82, 2.24) is 9.88 Å². The highest BCUT2D eigenvalue weighted by Crippen LogP contribution is 2.22. The fraction of sp³-hybridized carbons (Fsp3) is 0.167. The van der Waals surface area contributed by atoms with E-state index in [9.17, 15) is 4.39 Å². The molecule has 0 saturated carbocycles. The molecule has 0 aliphatic rings. The highest BCUT2D eigenvalue weighted by atomic mass is 35.5. The van der Waals surface area contributed by atoms with Crippen molar-refractivity contribution in [3.8, 4) is 0 Å². The van der Waals surface area contributed by atoms with Gasteiger partial charge in [-0.2, -0.15) is 0 Å². The fourth-order valence-corrected chi connectivity index (χ4v) is 3.61. The summed E-state index contributed by atoms with van der Waals surface area (Å²) in [7, 11) is 0. The van der Waals surface area contributed by atoms with Gasteiger partial charge in [0.2, 0.25) is 0 Å². The predicted octanol–water partition coefficient (Wildman–Crippen LogP) is 5.81. The van der Waals surface area contributed by atoms with E-state index in [0.717, 1.165) is 36.6 Å². The second-order valence-electron chi connectivity index (χ2n) is 6.98. The Kier molecular flexibility index (Phi) is 5.75. The summed E-state index contributed by atoms with van der Waals surface area (Å²) in [5.41, 5.74) is 4.83. The maximum atomic E-state index is 13.2. The first kappa shape index (κ1) is 18.7. The van der Waals surface area contributed by atoms with Crippen LogP contribution >= 0.6 is 11.6 Å². The van der Waals surface area contributed by atoms with Crippen LogP contribution in [0.1, 0.15) is 16.7 Å². The number of hydrogen-bond donors (Lipinski definition) is 1. The summed E-state index contributed by atoms with van der Waals surface area (Å²) in [4.78, 5) is 0. The molecule has 2 nitrogen and oxygen atoms in total. The van der Waals surface area contributed by atoms with Crippen LogP contribution in [-0.2, 0) is 19.5 Å². The van der Waals surface area contributed by atoms with Crippen molar-refractivity contribution >= 4 is 22.5 Å². The predicted molar refractivity (Wildman–Crippen MR) is 114 cm³/mol. The monoisotopic (exact) mass is 392 g/mol. The Morgan fingerprint density at radius 3 is 2.36 bits per heavy atom. The molecule has 0 atom stereocenters. The number of para-hydroxylation sites is 1. The number of fused-ring (bicyclic) bond motifs is 1. The van der Waals surface area contributed by atoms with E-state index in [0.29, 0.717) is 0 Å². The molecule has 1 aromatic heterocycles. The molecule has 3 aromatic carbocycles. The van der Waals surface area contributed by atoms with Crippen LogP contribution in [0.5, 0.6) is 0 Å². The molecule has 1 N–H and O–H groups in total. The van der Waals surface area contributed by atoms with Gasteiger partial charge < -0.3 is 9.88 Å². The van der Waals surface area contributed by atoms with Gasteiger partial charge in [0, 0.05) is 35.2 Å². The Bertz CT molecular complexity index is 1050. The van der Waals surface area contributed by atoms with Gasteiger partial charge in [-0.1, -0.05) is 54.1 Å². The normalized spacial score (nSPS) is 11.2. The van der Waals surface area contributed by atoms with E-state index in [1.807, 2.05) is 24.3 Å². The van der Waals surface area contributed by atoms with Gasteiger partial charge >= 0.3 is 0 Å². The summed E-state index contributed by atoms with van der Waals surface area (Å²) in [6.07, 6.45) is 3.16. The van der Waals surface area contributed by atoms with Gasteiger partial charge in [-0.25, -0.2) is 4.39 Å². The summed E-state index contributed by atoms with van der Waals surface area (Å²) in [6, 6.07) is 23.1. The summed E-state index contributed by atoms with van der Waals surface area (Å²) >= 11 is 5.94. The molecule has 0 spiro atoms. The number of rotatable bonds is 7. The molecule has 142 valence electrons. The minimum absolute atomic E-state index is 0.202. The van der Waals surface area contributed by atoms with Crippen LogP contribution in [0.4, 0.5) is 4.39 Å². The maximum absolute atomic E-state index is 13.2. The third-order valence-corrected chi connectivity index (χ3v) is 5.21.